The van der Waals surface area contributed by atoms with Crippen molar-refractivity contribution in [3.05, 3.63) is 17.9 Å². The highest BCUT2D eigenvalue weighted by Crippen LogP contribution is 2.16. The average Bonchev–Trinajstić information content (AvgIpc) is 2.83. The maximum atomic E-state index is 11.8. The zero-order valence-corrected chi connectivity index (χ0v) is 12.0. The number of carbonyl (C=O) groups is 1. The van der Waals surface area contributed by atoms with Crippen LogP contribution in [0, 0.1) is 0 Å². The van der Waals surface area contributed by atoms with Gasteiger partial charge in [0.1, 0.15) is 5.76 Å². The molecule has 0 saturated heterocycles. The molecule has 0 saturated carbocycles. The van der Waals surface area contributed by atoms with Crippen LogP contribution in [0.25, 0.3) is 0 Å². The highest BCUT2D eigenvalue weighted by atomic mass is 32.2. The molecule has 8 heteroatoms. The maximum absolute atomic E-state index is 11.8. The SMILES string of the molecule is COC(=O)CCNCc1ccc(S(=O)(=O)N(C)C)o1. The molecule has 0 amide bonds. The van der Waals surface area contributed by atoms with E-state index in [0.29, 0.717) is 18.8 Å². The summed E-state index contributed by atoms with van der Waals surface area (Å²) in [5.41, 5.74) is 0. The van der Waals surface area contributed by atoms with Gasteiger partial charge in [-0.05, 0) is 12.1 Å². The number of carbonyl (C=O) groups excluding carboxylic acids is 1. The lowest BCUT2D eigenvalue weighted by atomic mass is 10.4. The molecule has 0 atom stereocenters. The Bertz CT molecular complexity index is 521. The minimum Gasteiger partial charge on any atom is -0.469 e. The van der Waals surface area contributed by atoms with Crippen molar-refractivity contribution in [2.45, 2.75) is 18.1 Å². The molecule has 0 spiro atoms. The number of nitrogens with one attached hydrogen (secondary N) is 1. The number of esters is 1. The maximum Gasteiger partial charge on any atom is 0.306 e. The third-order valence-electron chi connectivity index (χ3n) is 2.40. The molecular formula is C11H18N2O5S. The fraction of sp³-hybridized carbons (Fsp3) is 0.545. The third kappa shape index (κ3) is 4.34. The van der Waals surface area contributed by atoms with Crippen LogP contribution < -0.4 is 5.32 Å². The molecule has 1 heterocycles. The Labute approximate surface area is 112 Å². The molecule has 1 rings (SSSR count). The van der Waals surface area contributed by atoms with Gasteiger partial charge in [-0.2, -0.15) is 0 Å². The summed E-state index contributed by atoms with van der Waals surface area (Å²) in [5, 5.41) is 2.86. The molecule has 0 bridgehead atoms. The van der Waals surface area contributed by atoms with Gasteiger partial charge < -0.3 is 14.5 Å². The summed E-state index contributed by atoms with van der Waals surface area (Å²) >= 11 is 0. The molecule has 19 heavy (non-hydrogen) atoms. The Balaban J connectivity index is 2.50. The normalized spacial score (nSPS) is 11.8. The summed E-state index contributed by atoms with van der Waals surface area (Å²) < 4.78 is 34.3. The van der Waals surface area contributed by atoms with Crippen LogP contribution in [-0.2, 0) is 26.1 Å². The van der Waals surface area contributed by atoms with Crippen molar-refractivity contribution in [1.82, 2.24) is 9.62 Å². The zero-order chi connectivity index (χ0) is 14.5. The van der Waals surface area contributed by atoms with Crippen LogP contribution in [0.15, 0.2) is 21.6 Å². The number of ether oxygens (including phenoxy) is 1. The van der Waals surface area contributed by atoms with Gasteiger partial charge in [-0.3, -0.25) is 4.79 Å². The second kappa shape index (κ2) is 6.69. The number of nitrogens with zero attached hydrogens (tertiary/aromatic N) is 1. The van der Waals surface area contributed by atoms with Gasteiger partial charge in [0.2, 0.25) is 5.09 Å². The molecule has 7 nitrogen and oxygen atoms in total. The minimum atomic E-state index is -3.54. The highest BCUT2D eigenvalue weighted by Gasteiger charge is 2.21. The minimum absolute atomic E-state index is 0.0951. The summed E-state index contributed by atoms with van der Waals surface area (Å²) in [7, 11) is 0.661. The second-order valence-corrected chi connectivity index (χ2v) is 6.09. The van der Waals surface area contributed by atoms with Crippen molar-refractivity contribution in [2.75, 3.05) is 27.7 Å². The lowest BCUT2D eigenvalue weighted by molar-refractivity contribution is -0.140. The summed E-state index contributed by atoms with van der Waals surface area (Å²) in [6.45, 7) is 0.781. The number of methoxy groups -OCH3 is 1. The first-order chi connectivity index (χ1) is 8.87. The Morgan fingerprint density at radius 3 is 2.68 bits per heavy atom. The predicted molar refractivity (Wildman–Crippen MR) is 67.9 cm³/mol. The zero-order valence-electron chi connectivity index (χ0n) is 11.2. The van der Waals surface area contributed by atoms with Crippen LogP contribution in [0.3, 0.4) is 0 Å². The van der Waals surface area contributed by atoms with E-state index in [1.807, 2.05) is 0 Å². The van der Waals surface area contributed by atoms with Crippen molar-refractivity contribution >= 4 is 16.0 Å². The van der Waals surface area contributed by atoms with Gasteiger partial charge in [-0.25, -0.2) is 12.7 Å². The van der Waals surface area contributed by atoms with Crippen molar-refractivity contribution in [3.8, 4) is 0 Å². The van der Waals surface area contributed by atoms with Gasteiger partial charge in [-0.1, -0.05) is 0 Å². The number of furan rings is 1. The van der Waals surface area contributed by atoms with Gasteiger partial charge in [-0.15, -0.1) is 0 Å². The standard InChI is InChI=1S/C11H18N2O5S/c1-13(2)19(15,16)11-5-4-9(18-11)8-12-7-6-10(14)17-3/h4-5,12H,6-8H2,1-3H3. The Morgan fingerprint density at radius 1 is 1.42 bits per heavy atom. The Kier molecular flexibility index (Phi) is 5.52. The van der Waals surface area contributed by atoms with E-state index in [2.05, 4.69) is 10.1 Å². The highest BCUT2D eigenvalue weighted by molar-refractivity contribution is 7.88. The average molecular weight is 290 g/mol. The molecule has 1 aromatic rings. The largest absolute Gasteiger partial charge is 0.469 e. The summed E-state index contributed by atoms with van der Waals surface area (Å²) in [6.07, 6.45) is 0.250. The quantitative estimate of drug-likeness (QED) is 0.569. The van der Waals surface area contributed by atoms with Gasteiger partial charge >= 0.3 is 5.97 Å². The van der Waals surface area contributed by atoms with E-state index in [4.69, 9.17) is 4.42 Å². The summed E-state index contributed by atoms with van der Waals surface area (Å²) in [4.78, 5) is 10.9. The number of sulfonamides is 1. The fourth-order valence-corrected chi connectivity index (χ4v) is 2.09. The topological polar surface area (TPSA) is 88.8 Å². The molecular weight excluding hydrogens is 272 g/mol. The van der Waals surface area contributed by atoms with Crippen molar-refractivity contribution in [1.29, 1.82) is 0 Å². The van der Waals surface area contributed by atoms with Crippen molar-refractivity contribution in [3.63, 3.8) is 0 Å². The van der Waals surface area contributed by atoms with E-state index in [0.717, 1.165) is 4.31 Å². The van der Waals surface area contributed by atoms with Crippen molar-refractivity contribution < 1.29 is 22.4 Å². The van der Waals surface area contributed by atoms with Gasteiger partial charge in [0.25, 0.3) is 10.0 Å². The molecule has 0 aliphatic heterocycles. The Hall–Kier alpha value is -1.38. The van der Waals surface area contributed by atoms with Crippen LogP contribution in [0.5, 0.6) is 0 Å². The molecule has 108 valence electrons. The molecule has 0 aliphatic carbocycles. The van der Waals surface area contributed by atoms with E-state index >= 15 is 0 Å². The predicted octanol–water partition coefficient (Wildman–Crippen LogP) is 0.183. The van der Waals surface area contributed by atoms with E-state index in [1.165, 1.54) is 27.3 Å². The lowest BCUT2D eigenvalue weighted by Gasteiger charge is -2.07. The Morgan fingerprint density at radius 2 is 2.11 bits per heavy atom. The summed E-state index contributed by atoms with van der Waals surface area (Å²) in [6, 6.07) is 2.99. The van der Waals surface area contributed by atoms with Crippen LogP contribution in [0.1, 0.15) is 12.2 Å². The first kappa shape index (κ1) is 15.7. The molecule has 0 unspecified atom stereocenters. The van der Waals surface area contributed by atoms with E-state index < -0.39 is 10.0 Å². The molecule has 1 N–H and O–H groups in total. The van der Waals surface area contributed by atoms with Gasteiger partial charge in [0, 0.05) is 20.6 Å². The molecule has 0 fully saturated rings. The van der Waals surface area contributed by atoms with E-state index in [1.54, 1.807) is 6.07 Å². The van der Waals surface area contributed by atoms with Crippen molar-refractivity contribution in [2.24, 2.45) is 0 Å². The number of rotatable bonds is 7. The van der Waals surface area contributed by atoms with Crippen LogP contribution in [0.2, 0.25) is 0 Å². The smallest absolute Gasteiger partial charge is 0.306 e. The second-order valence-electron chi connectivity index (χ2n) is 4.01. The van der Waals surface area contributed by atoms with E-state index in [-0.39, 0.29) is 17.5 Å². The van der Waals surface area contributed by atoms with Crippen LogP contribution in [-0.4, -0.2) is 46.4 Å². The number of hydrogen-bond acceptors (Lipinski definition) is 6. The summed E-state index contributed by atoms with van der Waals surface area (Å²) in [5.74, 6) is 0.188. The molecule has 0 aliphatic rings. The third-order valence-corrected chi connectivity index (χ3v) is 4.09. The molecule has 0 aromatic carbocycles. The molecule has 0 radical (unpaired) electrons. The first-order valence-corrected chi connectivity index (χ1v) is 7.10. The fourth-order valence-electron chi connectivity index (χ4n) is 1.28. The van der Waals surface area contributed by atoms with Crippen LogP contribution in [0.4, 0.5) is 0 Å². The van der Waals surface area contributed by atoms with E-state index in [9.17, 15) is 13.2 Å². The number of hydrogen-bond donors (Lipinski definition) is 1. The van der Waals surface area contributed by atoms with Crippen LogP contribution >= 0.6 is 0 Å². The van der Waals surface area contributed by atoms with Gasteiger partial charge in [0.15, 0.2) is 0 Å². The first-order valence-electron chi connectivity index (χ1n) is 5.66. The monoisotopic (exact) mass is 290 g/mol. The van der Waals surface area contributed by atoms with Gasteiger partial charge in [0.05, 0.1) is 20.1 Å². The lowest BCUT2D eigenvalue weighted by Crippen LogP contribution is -2.21. The molecule has 1 aromatic heterocycles.